The average Bonchev–Trinajstić information content (AvgIpc) is 2.26. The number of ether oxygens (including phenoxy) is 1. The lowest BCUT2D eigenvalue weighted by molar-refractivity contribution is -0.138. The minimum atomic E-state index is -0.803. The van der Waals surface area contributed by atoms with Crippen molar-refractivity contribution in [2.24, 2.45) is 0 Å². The van der Waals surface area contributed by atoms with Gasteiger partial charge in [-0.2, -0.15) is 0 Å². The molecule has 0 atom stereocenters. The summed E-state index contributed by atoms with van der Waals surface area (Å²) in [4.78, 5) is 12.8. The van der Waals surface area contributed by atoms with Gasteiger partial charge >= 0.3 is 5.97 Å². The summed E-state index contributed by atoms with van der Waals surface area (Å²) in [5.41, 5.74) is 1.06. The predicted octanol–water partition coefficient (Wildman–Crippen LogP) is 2.77. The van der Waals surface area contributed by atoms with Crippen molar-refractivity contribution in [1.82, 2.24) is 4.90 Å². The second-order valence-electron chi connectivity index (χ2n) is 5.21. The molecule has 0 saturated carbocycles. The number of carbonyl (C=O) groups is 1. The number of nitrogens with zero attached hydrogens (tertiary/aromatic N) is 1. The van der Waals surface area contributed by atoms with Gasteiger partial charge in [-0.15, -0.1) is 0 Å². The summed E-state index contributed by atoms with van der Waals surface area (Å²) in [5.74, 6) is 0.0230. The monoisotopic (exact) mass is 265 g/mol. The molecule has 0 heterocycles. The van der Waals surface area contributed by atoms with E-state index in [1.54, 1.807) is 0 Å². The van der Waals surface area contributed by atoms with Gasteiger partial charge in [0.05, 0.1) is 12.6 Å². The van der Waals surface area contributed by atoms with Gasteiger partial charge in [0.2, 0.25) is 0 Å². The van der Waals surface area contributed by atoms with E-state index in [1.807, 2.05) is 56.9 Å². The van der Waals surface area contributed by atoms with E-state index >= 15 is 0 Å². The summed E-state index contributed by atoms with van der Waals surface area (Å²) in [6, 6.07) is 8.00. The lowest BCUT2D eigenvalue weighted by Gasteiger charge is -2.24. The maximum absolute atomic E-state index is 10.9. The fraction of sp³-hybridized carbons (Fsp3) is 0.533. The molecule has 0 fully saturated rings. The minimum Gasteiger partial charge on any atom is -0.491 e. The van der Waals surface area contributed by atoms with Gasteiger partial charge in [-0.25, -0.2) is 0 Å². The Hall–Kier alpha value is -1.55. The van der Waals surface area contributed by atoms with Gasteiger partial charge < -0.3 is 9.84 Å². The molecule has 4 heteroatoms. The molecule has 0 aliphatic carbocycles. The van der Waals surface area contributed by atoms with E-state index in [4.69, 9.17) is 9.84 Å². The summed E-state index contributed by atoms with van der Waals surface area (Å²) >= 11 is 0. The molecule has 1 rings (SSSR count). The van der Waals surface area contributed by atoms with Crippen LogP contribution in [0.1, 0.15) is 33.3 Å². The lowest BCUT2D eigenvalue weighted by atomic mass is 10.1. The summed E-state index contributed by atoms with van der Waals surface area (Å²) in [7, 11) is 0. The zero-order valence-electron chi connectivity index (χ0n) is 12.1. The van der Waals surface area contributed by atoms with Crippen molar-refractivity contribution in [1.29, 1.82) is 0 Å². The van der Waals surface area contributed by atoms with Crippen molar-refractivity contribution in [3.05, 3.63) is 29.8 Å². The van der Waals surface area contributed by atoms with Crippen molar-refractivity contribution in [2.45, 2.75) is 46.4 Å². The van der Waals surface area contributed by atoms with E-state index in [9.17, 15) is 4.79 Å². The van der Waals surface area contributed by atoms with Gasteiger partial charge in [0.15, 0.2) is 0 Å². The third-order valence-corrected chi connectivity index (χ3v) is 2.72. The Morgan fingerprint density at radius 3 is 2.53 bits per heavy atom. The molecule has 1 aromatic carbocycles. The number of carboxylic acids is 1. The first-order chi connectivity index (χ1) is 8.88. The summed E-state index contributed by atoms with van der Waals surface area (Å²) in [6.45, 7) is 8.62. The quantitative estimate of drug-likeness (QED) is 0.823. The van der Waals surface area contributed by atoms with Crippen LogP contribution in [0.15, 0.2) is 24.3 Å². The standard InChI is InChI=1S/C15H23NO3/c1-11(2)16(10-15(17)18)9-13-6-5-7-14(8-13)19-12(3)4/h5-8,11-12H,9-10H2,1-4H3,(H,17,18). The Kier molecular flexibility index (Phi) is 5.83. The van der Waals surface area contributed by atoms with Crippen LogP contribution in [-0.4, -0.2) is 34.7 Å². The van der Waals surface area contributed by atoms with Crippen LogP contribution in [-0.2, 0) is 11.3 Å². The number of carboxylic acid groups (broad SMARTS) is 1. The zero-order chi connectivity index (χ0) is 14.4. The van der Waals surface area contributed by atoms with Crippen molar-refractivity contribution >= 4 is 5.97 Å². The van der Waals surface area contributed by atoms with Crippen LogP contribution >= 0.6 is 0 Å². The molecule has 0 radical (unpaired) electrons. The molecule has 4 nitrogen and oxygen atoms in total. The van der Waals surface area contributed by atoms with E-state index < -0.39 is 5.97 Å². The van der Waals surface area contributed by atoms with Crippen LogP contribution in [0.25, 0.3) is 0 Å². The molecule has 0 aliphatic rings. The third kappa shape index (κ3) is 5.75. The molecular formula is C15H23NO3. The summed E-state index contributed by atoms with van der Waals surface area (Å²) < 4.78 is 5.64. The molecule has 0 aliphatic heterocycles. The highest BCUT2D eigenvalue weighted by molar-refractivity contribution is 5.69. The predicted molar refractivity (Wildman–Crippen MR) is 75.4 cm³/mol. The number of rotatable bonds is 7. The van der Waals surface area contributed by atoms with Gasteiger partial charge in [0.1, 0.15) is 5.75 Å². The lowest BCUT2D eigenvalue weighted by Crippen LogP contribution is -2.35. The maximum atomic E-state index is 10.9. The second-order valence-corrected chi connectivity index (χ2v) is 5.21. The fourth-order valence-corrected chi connectivity index (χ4v) is 1.82. The van der Waals surface area contributed by atoms with Crippen molar-refractivity contribution in [3.8, 4) is 5.75 Å². The Bertz CT molecular complexity index is 416. The first-order valence-corrected chi connectivity index (χ1v) is 6.60. The highest BCUT2D eigenvalue weighted by Gasteiger charge is 2.14. The van der Waals surface area contributed by atoms with E-state index in [2.05, 4.69) is 0 Å². The summed E-state index contributed by atoms with van der Waals surface area (Å²) in [5, 5.41) is 8.92. The highest BCUT2D eigenvalue weighted by Crippen LogP contribution is 2.17. The van der Waals surface area contributed by atoms with Crippen LogP contribution in [0.4, 0.5) is 0 Å². The van der Waals surface area contributed by atoms with Gasteiger partial charge in [-0.3, -0.25) is 9.69 Å². The molecule has 0 unspecified atom stereocenters. The van der Waals surface area contributed by atoms with E-state index in [-0.39, 0.29) is 18.7 Å². The van der Waals surface area contributed by atoms with Gasteiger partial charge in [-0.1, -0.05) is 12.1 Å². The topological polar surface area (TPSA) is 49.8 Å². The second kappa shape index (κ2) is 7.14. The number of aliphatic carboxylic acids is 1. The normalized spacial score (nSPS) is 11.3. The first kappa shape index (κ1) is 15.5. The highest BCUT2D eigenvalue weighted by atomic mass is 16.5. The number of hydrogen-bond donors (Lipinski definition) is 1. The zero-order valence-corrected chi connectivity index (χ0v) is 12.1. The Labute approximate surface area is 115 Å². The average molecular weight is 265 g/mol. The molecular weight excluding hydrogens is 242 g/mol. The Morgan fingerprint density at radius 2 is 2.00 bits per heavy atom. The molecule has 1 N–H and O–H groups in total. The van der Waals surface area contributed by atoms with Crippen molar-refractivity contribution in [3.63, 3.8) is 0 Å². The van der Waals surface area contributed by atoms with E-state index in [0.717, 1.165) is 11.3 Å². The SMILES string of the molecule is CC(C)Oc1cccc(CN(CC(=O)O)C(C)C)c1. The first-order valence-electron chi connectivity index (χ1n) is 6.60. The van der Waals surface area contributed by atoms with Crippen LogP contribution in [0.5, 0.6) is 5.75 Å². The maximum Gasteiger partial charge on any atom is 0.317 e. The van der Waals surface area contributed by atoms with Gasteiger partial charge in [0, 0.05) is 12.6 Å². The molecule has 1 aromatic rings. The molecule has 0 bridgehead atoms. The summed E-state index contributed by atoms with van der Waals surface area (Å²) in [6.07, 6.45) is 0.135. The fourth-order valence-electron chi connectivity index (χ4n) is 1.82. The number of benzene rings is 1. The van der Waals surface area contributed by atoms with Crippen molar-refractivity contribution in [2.75, 3.05) is 6.54 Å². The van der Waals surface area contributed by atoms with E-state index in [1.165, 1.54) is 0 Å². The van der Waals surface area contributed by atoms with Crippen molar-refractivity contribution < 1.29 is 14.6 Å². The molecule has 19 heavy (non-hydrogen) atoms. The third-order valence-electron chi connectivity index (χ3n) is 2.72. The molecule has 0 spiro atoms. The molecule has 106 valence electrons. The van der Waals surface area contributed by atoms with E-state index in [0.29, 0.717) is 6.54 Å². The van der Waals surface area contributed by atoms with Crippen LogP contribution in [0.2, 0.25) is 0 Å². The largest absolute Gasteiger partial charge is 0.491 e. The molecule has 0 aromatic heterocycles. The van der Waals surface area contributed by atoms with Crippen LogP contribution in [0.3, 0.4) is 0 Å². The Morgan fingerprint density at radius 1 is 1.32 bits per heavy atom. The molecule has 0 saturated heterocycles. The van der Waals surface area contributed by atoms with Crippen LogP contribution < -0.4 is 4.74 Å². The number of hydrogen-bond acceptors (Lipinski definition) is 3. The Balaban J connectivity index is 2.75. The molecule has 0 amide bonds. The van der Waals surface area contributed by atoms with Crippen LogP contribution in [0, 0.1) is 0 Å². The van der Waals surface area contributed by atoms with Gasteiger partial charge in [-0.05, 0) is 45.4 Å². The smallest absolute Gasteiger partial charge is 0.317 e. The minimum absolute atomic E-state index is 0.0485. The van der Waals surface area contributed by atoms with Gasteiger partial charge in [0.25, 0.3) is 0 Å².